The standard InChI is InChI=1S/C29H34O9/c1-16-4-7-21-17(2)27(35-23-15-28(3)13-12-20(16)29(21,23)38-37-28)36-26(32)11-10-24(30)33-19-6-8-22-18(14-19)5-9-25(31)34-22/h5-6,8-9,14,16-17,20-21,23,27H,4,7,10-13,15H2,1-3H3/t16-,17-,20+,21+,23-,27+,28+,29-/m1/s1. The molecule has 9 heteroatoms. The van der Waals surface area contributed by atoms with Crippen LogP contribution in [-0.2, 0) is 28.8 Å². The molecule has 0 amide bonds. The zero-order valence-electron chi connectivity index (χ0n) is 22.0. The van der Waals surface area contributed by atoms with Crippen molar-refractivity contribution in [1.82, 2.24) is 0 Å². The predicted octanol–water partition coefficient (Wildman–Crippen LogP) is 4.69. The van der Waals surface area contributed by atoms with E-state index < -0.39 is 35.1 Å². The maximum absolute atomic E-state index is 12.8. The van der Waals surface area contributed by atoms with Crippen LogP contribution in [0.15, 0.2) is 39.5 Å². The highest BCUT2D eigenvalue weighted by atomic mass is 17.2. The summed E-state index contributed by atoms with van der Waals surface area (Å²) in [4.78, 5) is 48.8. The fraction of sp³-hybridized carbons (Fsp3) is 0.621. The minimum Gasteiger partial charge on any atom is -0.435 e. The number of fused-ring (bicyclic) bond motifs is 3. The first-order valence-corrected chi connectivity index (χ1v) is 13.6. The van der Waals surface area contributed by atoms with Crippen molar-refractivity contribution in [3.8, 4) is 5.75 Å². The molecule has 1 spiro atoms. The lowest BCUT2D eigenvalue weighted by Gasteiger charge is -2.60. The smallest absolute Gasteiger partial charge is 0.336 e. The van der Waals surface area contributed by atoms with E-state index in [0.717, 1.165) is 25.7 Å². The maximum atomic E-state index is 12.8. The summed E-state index contributed by atoms with van der Waals surface area (Å²) in [6.07, 6.45) is 3.57. The van der Waals surface area contributed by atoms with Crippen LogP contribution in [0.25, 0.3) is 11.0 Å². The first-order chi connectivity index (χ1) is 18.2. The van der Waals surface area contributed by atoms with Crippen LogP contribution in [0.4, 0.5) is 0 Å². The van der Waals surface area contributed by atoms with Gasteiger partial charge >= 0.3 is 17.6 Å². The van der Waals surface area contributed by atoms with Crippen molar-refractivity contribution in [3.63, 3.8) is 0 Å². The molecule has 2 saturated carbocycles. The van der Waals surface area contributed by atoms with Crippen molar-refractivity contribution in [2.24, 2.45) is 23.7 Å². The first kappa shape index (κ1) is 25.5. The molecule has 2 aliphatic carbocycles. The Labute approximate surface area is 220 Å². The van der Waals surface area contributed by atoms with E-state index in [2.05, 4.69) is 20.8 Å². The monoisotopic (exact) mass is 526 g/mol. The molecule has 204 valence electrons. The number of ether oxygens (including phenoxy) is 3. The van der Waals surface area contributed by atoms with E-state index in [1.807, 2.05) is 0 Å². The molecule has 0 N–H and O–H groups in total. The number of esters is 2. The van der Waals surface area contributed by atoms with Crippen molar-refractivity contribution in [2.75, 3.05) is 0 Å². The van der Waals surface area contributed by atoms with Crippen molar-refractivity contribution in [1.29, 1.82) is 0 Å². The van der Waals surface area contributed by atoms with E-state index in [-0.39, 0.29) is 30.8 Å². The molecule has 9 nitrogen and oxygen atoms in total. The average molecular weight is 527 g/mol. The molecule has 0 unspecified atom stereocenters. The highest BCUT2D eigenvalue weighted by molar-refractivity contribution is 5.81. The summed E-state index contributed by atoms with van der Waals surface area (Å²) in [6, 6.07) is 7.60. The average Bonchev–Trinajstić information content (AvgIpc) is 3.12. The van der Waals surface area contributed by atoms with Crippen molar-refractivity contribution in [3.05, 3.63) is 40.8 Å². The minimum atomic E-state index is -0.699. The highest BCUT2D eigenvalue weighted by Crippen LogP contribution is 2.61. The van der Waals surface area contributed by atoms with Gasteiger partial charge in [0.15, 0.2) is 0 Å². The van der Waals surface area contributed by atoms with Gasteiger partial charge in [0.1, 0.15) is 22.5 Å². The summed E-state index contributed by atoms with van der Waals surface area (Å²) in [6.45, 7) is 6.41. The molecule has 5 aliphatic rings. The second kappa shape index (κ2) is 9.47. The molecule has 1 aromatic carbocycles. The number of hydrogen-bond donors (Lipinski definition) is 0. The lowest BCUT2D eigenvalue weighted by atomic mass is 9.56. The molecule has 1 aromatic heterocycles. The van der Waals surface area contributed by atoms with Crippen LogP contribution in [0.5, 0.6) is 5.75 Å². The normalized spacial score (nSPS) is 37.8. The third kappa shape index (κ3) is 4.34. The van der Waals surface area contributed by atoms with Crippen molar-refractivity contribution in [2.45, 2.75) is 89.3 Å². The van der Waals surface area contributed by atoms with E-state index in [1.54, 1.807) is 24.3 Å². The molecule has 2 aromatic rings. The van der Waals surface area contributed by atoms with Gasteiger partial charge in [-0.2, -0.15) is 0 Å². The Bertz CT molecular complexity index is 1300. The Balaban J connectivity index is 1.09. The second-order valence-electron chi connectivity index (χ2n) is 11.8. The van der Waals surface area contributed by atoms with E-state index in [4.69, 9.17) is 28.4 Å². The predicted molar refractivity (Wildman–Crippen MR) is 134 cm³/mol. The summed E-state index contributed by atoms with van der Waals surface area (Å²) in [5.74, 6) is 0.192. The third-order valence-electron chi connectivity index (χ3n) is 9.24. The van der Waals surface area contributed by atoms with E-state index in [9.17, 15) is 14.4 Å². The third-order valence-corrected chi connectivity index (χ3v) is 9.24. The fourth-order valence-electron chi connectivity index (χ4n) is 7.24. The Hall–Kier alpha value is -2.75. The van der Waals surface area contributed by atoms with Gasteiger partial charge < -0.3 is 18.6 Å². The number of benzene rings is 1. The van der Waals surface area contributed by atoms with Crippen LogP contribution >= 0.6 is 0 Å². The van der Waals surface area contributed by atoms with Crippen LogP contribution in [0.3, 0.4) is 0 Å². The Morgan fingerprint density at radius 1 is 1.00 bits per heavy atom. The van der Waals surface area contributed by atoms with Gasteiger partial charge in [0.25, 0.3) is 0 Å². The van der Waals surface area contributed by atoms with Gasteiger partial charge in [-0.25, -0.2) is 14.6 Å². The first-order valence-electron chi connectivity index (χ1n) is 13.6. The molecule has 8 atom stereocenters. The van der Waals surface area contributed by atoms with Gasteiger partial charge in [-0.3, -0.25) is 9.59 Å². The molecular formula is C29H34O9. The van der Waals surface area contributed by atoms with Gasteiger partial charge in [0.05, 0.1) is 18.9 Å². The van der Waals surface area contributed by atoms with Crippen LogP contribution in [0.1, 0.15) is 65.7 Å². The van der Waals surface area contributed by atoms with Gasteiger partial charge in [0.2, 0.25) is 6.29 Å². The summed E-state index contributed by atoms with van der Waals surface area (Å²) in [5, 5.41) is 0.630. The fourth-order valence-corrected chi connectivity index (χ4v) is 7.24. The molecule has 38 heavy (non-hydrogen) atoms. The van der Waals surface area contributed by atoms with Crippen LogP contribution in [0, 0.1) is 23.7 Å². The number of rotatable bonds is 5. The molecule has 4 heterocycles. The molecule has 0 radical (unpaired) electrons. The van der Waals surface area contributed by atoms with E-state index in [0.29, 0.717) is 35.0 Å². The Morgan fingerprint density at radius 2 is 1.82 bits per heavy atom. The van der Waals surface area contributed by atoms with Crippen LogP contribution < -0.4 is 10.4 Å². The highest BCUT2D eigenvalue weighted by Gasteiger charge is 2.68. The maximum Gasteiger partial charge on any atom is 0.336 e. The number of carbonyl (C=O) groups is 2. The number of carbonyl (C=O) groups excluding carboxylic acids is 2. The van der Waals surface area contributed by atoms with E-state index >= 15 is 0 Å². The number of hydrogen-bond acceptors (Lipinski definition) is 9. The topological polar surface area (TPSA) is 111 Å². The van der Waals surface area contributed by atoms with Gasteiger partial charge in [0, 0.05) is 29.7 Å². The molecule has 2 bridgehead atoms. The Morgan fingerprint density at radius 3 is 2.66 bits per heavy atom. The molecule has 3 aliphatic heterocycles. The van der Waals surface area contributed by atoms with Crippen LogP contribution in [0.2, 0.25) is 0 Å². The molecule has 7 rings (SSSR count). The lowest BCUT2D eigenvalue weighted by Crippen LogP contribution is -2.69. The summed E-state index contributed by atoms with van der Waals surface area (Å²) in [5.41, 5.74) is -0.977. The van der Waals surface area contributed by atoms with E-state index in [1.165, 1.54) is 6.07 Å². The zero-order chi connectivity index (χ0) is 26.7. The summed E-state index contributed by atoms with van der Waals surface area (Å²) in [7, 11) is 0. The van der Waals surface area contributed by atoms with Gasteiger partial charge in [-0.1, -0.05) is 13.8 Å². The quantitative estimate of drug-likeness (QED) is 0.237. The van der Waals surface area contributed by atoms with Crippen molar-refractivity contribution < 1.29 is 38.0 Å². The molecular weight excluding hydrogens is 492 g/mol. The SMILES string of the molecule is C[C@H]1[C@H](OC(=O)CCC(=O)Oc2ccc3oc(=O)ccc3c2)O[C@@H]2C[C@]3(C)CC[C@H]4[C@H](C)CC[C@@H]1[C@@]24OO3. The Kier molecular flexibility index (Phi) is 6.36. The second-order valence-corrected chi connectivity index (χ2v) is 11.8. The molecule has 5 fully saturated rings. The minimum absolute atomic E-state index is 0.0686. The van der Waals surface area contributed by atoms with Gasteiger partial charge in [-0.15, -0.1) is 0 Å². The van der Waals surface area contributed by atoms with Gasteiger partial charge in [-0.05, 0) is 68.7 Å². The largest absolute Gasteiger partial charge is 0.435 e. The lowest BCUT2D eigenvalue weighted by molar-refractivity contribution is -0.494. The molecule has 3 saturated heterocycles. The van der Waals surface area contributed by atoms with Crippen molar-refractivity contribution >= 4 is 22.9 Å². The zero-order valence-corrected chi connectivity index (χ0v) is 22.0. The van der Waals surface area contributed by atoms with Crippen LogP contribution in [-0.4, -0.2) is 35.5 Å². The summed E-state index contributed by atoms with van der Waals surface area (Å²) < 4.78 is 22.8. The summed E-state index contributed by atoms with van der Waals surface area (Å²) >= 11 is 0.